The van der Waals surface area contributed by atoms with Crippen LogP contribution in [0.15, 0.2) is 0 Å². The maximum absolute atomic E-state index is 11.2. The smallest absolute Gasteiger partial charge is 0.408 e. The molecule has 0 aliphatic carbocycles. The predicted octanol–water partition coefficient (Wildman–Crippen LogP) is 1.76. The zero-order chi connectivity index (χ0) is 12.1. The van der Waals surface area contributed by atoms with Crippen LogP contribution < -0.4 is 5.32 Å². The summed E-state index contributed by atoms with van der Waals surface area (Å²) >= 11 is 0. The van der Waals surface area contributed by atoms with Crippen LogP contribution in [0.4, 0.5) is 4.79 Å². The number of ketones is 1. The molecule has 1 N–H and O–H groups in total. The Morgan fingerprint density at radius 2 is 1.93 bits per heavy atom. The fraction of sp³-hybridized carbons (Fsp3) is 0.778. The average molecular weight is 233 g/mol. The standard InChI is InChI=1S/C9H16NO4P/c1-6(7(11)5-15-13)10-8(12)14-9(2,3)4/h6H,5H2,1-4H3,(H,10,12)/t6-/m0/s1. The van der Waals surface area contributed by atoms with E-state index in [9.17, 15) is 14.2 Å². The number of Topliss-reactive ketones (excluding diaryl/α,β-unsaturated/α-hetero) is 1. The lowest BCUT2D eigenvalue weighted by atomic mass is 10.2. The van der Waals surface area contributed by atoms with Crippen molar-refractivity contribution in [2.24, 2.45) is 0 Å². The van der Waals surface area contributed by atoms with E-state index in [1.54, 1.807) is 20.8 Å². The zero-order valence-corrected chi connectivity index (χ0v) is 10.3. The number of hydrogen-bond acceptors (Lipinski definition) is 4. The summed E-state index contributed by atoms with van der Waals surface area (Å²) < 4.78 is 15.1. The van der Waals surface area contributed by atoms with Crippen molar-refractivity contribution in [3.8, 4) is 0 Å². The summed E-state index contributed by atoms with van der Waals surface area (Å²) in [5.74, 6) is -0.294. The molecule has 0 spiro atoms. The second-order valence-corrected chi connectivity index (χ2v) is 4.70. The summed E-state index contributed by atoms with van der Waals surface area (Å²) in [5.41, 5.74) is -0.594. The van der Waals surface area contributed by atoms with Crippen LogP contribution in [-0.4, -0.2) is 29.7 Å². The second kappa shape index (κ2) is 5.81. The Labute approximate surface area is 90.8 Å². The number of alkyl carbamates (subject to hydrolysis) is 1. The summed E-state index contributed by atoms with van der Waals surface area (Å²) in [6.07, 6.45) is -0.748. The molecule has 0 saturated carbocycles. The third-order valence-electron chi connectivity index (χ3n) is 1.44. The maximum atomic E-state index is 11.2. The number of carbonyl (C=O) groups excluding carboxylic acids is 2. The van der Waals surface area contributed by atoms with E-state index >= 15 is 0 Å². The number of nitrogens with one attached hydrogen (secondary N) is 1. The van der Waals surface area contributed by atoms with Crippen LogP contribution in [0.1, 0.15) is 27.7 Å². The van der Waals surface area contributed by atoms with Gasteiger partial charge >= 0.3 is 6.09 Å². The molecular weight excluding hydrogens is 217 g/mol. The molecule has 6 heteroatoms. The van der Waals surface area contributed by atoms with E-state index < -0.39 is 17.7 Å². The van der Waals surface area contributed by atoms with Gasteiger partial charge in [0, 0.05) is 0 Å². The molecule has 0 radical (unpaired) electrons. The van der Waals surface area contributed by atoms with E-state index in [1.807, 2.05) is 0 Å². The van der Waals surface area contributed by atoms with Crippen molar-refractivity contribution < 1.29 is 18.9 Å². The van der Waals surface area contributed by atoms with Crippen LogP contribution >= 0.6 is 8.46 Å². The minimum atomic E-state index is -0.679. The van der Waals surface area contributed by atoms with Crippen molar-refractivity contribution >= 4 is 20.3 Å². The Hall–Kier alpha value is -0.960. The molecule has 0 bridgehead atoms. The van der Waals surface area contributed by atoms with Crippen LogP contribution in [0.2, 0.25) is 0 Å². The normalized spacial score (nSPS) is 13.3. The van der Waals surface area contributed by atoms with Crippen LogP contribution in [0.3, 0.4) is 0 Å². The molecule has 0 aromatic rings. The number of hydrogen-bond donors (Lipinski definition) is 1. The minimum Gasteiger partial charge on any atom is -0.444 e. The van der Waals surface area contributed by atoms with Crippen molar-refractivity contribution in [1.82, 2.24) is 5.32 Å². The first kappa shape index (κ1) is 14.0. The molecular formula is C9H16NO4P. The molecule has 0 unspecified atom stereocenters. The van der Waals surface area contributed by atoms with Gasteiger partial charge in [-0.1, -0.05) is 0 Å². The third-order valence-corrected chi connectivity index (χ3v) is 1.88. The van der Waals surface area contributed by atoms with Gasteiger partial charge in [0.15, 0.2) is 14.2 Å². The minimum absolute atomic E-state index is 0.100. The largest absolute Gasteiger partial charge is 0.444 e. The Bertz CT molecular complexity index is 259. The molecule has 0 aliphatic rings. The second-order valence-electron chi connectivity index (χ2n) is 4.12. The highest BCUT2D eigenvalue weighted by atomic mass is 31.1. The van der Waals surface area contributed by atoms with Crippen LogP contribution in [0.25, 0.3) is 0 Å². The number of amides is 1. The topological polar surface area (TPSA) is 72.5 Å². The fourth-order valence-corrected chi connectivity index (χ4v) is 1.17. The van der Waals surface area contributed by atoms with Crippen LogP contribution in [0.5, 0.6) is 0 Å². The van der Waals surface area contributed by atoms with Crippen LogP contribution in [0, 0.1) is 0 Å². The van der Waals surface area contributed by atoms with Crippen molar-refractivity contribution in [3.05, 3.63) is 0 Å². The molecule has 1 amide bonds. The lowest BCUT2D eigenvalue weighted by molar-refractivity contribution is -0.118. The van der Waals surface area contributed by atoms with Crippen molar-refractivity contribution in [2.45, 2.75) is 39.3 Å². The van der Waals surface area contributed by atoms with Gasteiger partial charge in [-0.2, -0.15) is 0 Å². The molecule has 0 aromatic carbocycles. The van der Waals surface area contributed by atoms with Gasteiger partial charge in [-0.3, -0.25) is 9.36 Å². The van der Waals surface area contributed by atoms with Gasteiger partial charge in [0.05, 0.1) is 12.2 Å². The molecule has 0 saturated heterocycles. The highest BCUT2D eigenvalue weighted by molar-refractivity contribution is 7.25. The molecule has 0 fully saturated rings. The van der Waals surface area contributed by atoms with Crippen LogP contribution in [-0.2, 0) is 14.1 Å². The maximum Gasteiger partial charge on any atom is 0.408 e. The van der Waals surface area contributed by atoms with Crippen molar-refractivity contribution in [3.63, 3.8) is 0 Å². The molecule has 0 aromatic heterocycles. The first-order chi connectivity index (χ1) is 6.76. The van der Waals surface area contributed by atoms with Gasteiger partial charge in [-0.05, 0) is 27.7 Å². The van der Waals surface area contributed by atoms with E-state index in [0.717, 1.165) is 0 Å². The monoisotopic (exact) mass is 233 g/mol. The SMILES string of the molecule is C[C@H](NC(=O)OC(C)(C)C)C(=O)CP=O. The highest BCUT2D eigenvalue weighted by Gasteiger charge is 2.20. The Morgan fingerprint density at radius 3 is 2.33 bits per heavy atom. The first-order valence-corrected chi connectivity index (χ1v) is 5.57. The average Bonchev–Trinajstić information content (AvgIpc) is 2.00. The van der Waals surface area contributed by atoms with E-state index in [4.69, 9.17) is 4.74 Å². The fourth-order valence-electron chi connectivity index (χ4n) is 0.765. The number of carbonyl (C=O) groups is 2. The highest BCUT2D eigenvalue weighted by Crippen LogP contribution is 2.07. The summed E-state index contributed by atoms with van der Waals surface area (Å²) in [4.78, 5) is 22.4. The summed E-state index contributed by atoms with van der Waals surface area (Å²) in [6.45, 7) is 6.72. The zero-order valence-electron chi connectivity index (χ0n) is 9.36. The van der Waals surface area contributed by atoms with Gasteiger partial charge in [-0.25, -0.2) is 4.79 Å². The van der Waals surface area contributed by atoms with Crippen molar-refractivity contribution in [1.29, 1.82) is 0 Å². The third kappa shape index (κ3) is 7.03. The van der Waals surface area contributed by atoms with E-state index in [0.29, 0.717) is 0 Å². The first-order valence-electron chi connectivity index (χ1n) is 4.57. The summed E-state index contributed by atoms with van der Waals surface area (Å²) in [6, 6.07) is -0.679. The molecule has 0 rings (SSSR count). The Balaban J connectivity index is 4.07. The molecule has 0 aliphatic heterocycles. The molecule has 0 heterocycles. The molecule has 15 heavy (non-hydrogen) atoms. The van der Waals surface area contributed by atoms with E-state index in [1.165, 1.54) is 6.92 Å². The van der Waals surface area contributed by atoms with Gasteiger partial charge in [-0.15, -0.1) is 0 Å². The quantitative estimate of drug-likeness (QED) is 0.751. The van der Waals surface area contributed by atoms with E-state index in [-0.39, 0.29) is 20.4 Å². The molecule has 1 atom stereocenters. The lowest BCUT2D eigenvalue weighted by Gasteiger charge is -2.21. The van der Waals surface area contributed by atoms with Crippen molar-refractivity contribution in [2.75, 3.05) is 6.16 Å². The summed E-state index contributed by atoms with van der Waals surface area (Å²) in [5, 5.41) is 2.37. The van der Waals surface area contributed by atoms with Gasteiger partial charge in [0.2, 0.25) is 0 Å². The predicted molar refractivity (Wildman–Crippen MR) is 56.3 cm³/mol. The Morgan fingerprint density at radius 1 is 1.40 bits per heavy atom. The lowest BCUT2D eigenvalue weighted by Crippen LogP contribution is -2.42. The van der Waals surface area contributed by atoms with Gasteiger partial charge in [0.25, 0.3) is 0 Å². The van der Waals surface area contributed by atoms with Gasteiger partial charge < -0.3 is 10.1 Å². The molecule has 5 nitrogen and oxygen atoms in total. The Kier molecular flexibility index (Phi) is 5.44. The van der Waals surface area contributed by atoms with E-state index in [2.05, 4.69) is 5.32 Å². The summed E-state index contributed by atoms with van der Waals surface area (Å²) in [7, 11) is -0.244. The van der Waals surface area contributed by atoms with Gasteiger partial charge in [0.1, 0.15) is 5.60 Å². The molecule has 86 valence electrons. The number of ether oxygens (including phenoxy) is 1. The number of rotatable bonds is 4.